The molecule has 1 aliphatic rings. The summed E-state index contributed by atoms with van der Waals surface area (Å²) < 4.78 is 52.2. The first-order valence-electron chi connectivity index (χ1n) is 7.64. The molecule has 2 amide bonds. The average molecular weight is 367 g/mol. The lowest BCUT2D eigenvalue weighted by molar-refractivity contribution is -0.141. The largest absolute Gasteiger partial charge is 0.433 e. The van der Waals surface area contributed by atoms with E-state index in [1.807, 2.05) is 0 Å². The molecular formula is C17H13F4N3O2. The van der Waals surface area contributed by atoms with Crippen molar-refractivity contribution in [2.45, 2.75) is 12.1 Å². The molecule has 2 aromatic rings. The fourth-order valence-corrected chi connectivity index (χ4v) is 2.79. The normalized spacial score (nSPS) is 19.9. The van der Waals surface area contributed by atoms with E-state index in [-0.39, 0.29) is 17.9 Å². The second kappa shape index (κ2) is 6.74. The smallest absolute Gasteiger partial charge is 0.355 e. The standard InChI is InChI=1S/C17H13F4N3O2/c18-10-4-1-2-5-12(10)24-16(26)14-9(8-22-15(14)25)11-6-3-7-13(23-11)17(19,20)21/h1-7,9,14H,8H2,(H,22,25)(H,24,26)/t9-,14-/m1/s1. The minimum atomic E-state index is -4.64. The van der Waals surface area contributed by atoms with E-state index >= 15 is 0 Å². The highest BCUT2D eigenvalue weighted by Crippen LogP contribution is 2.32. The SMILES string of the molecule is O=C1NC[C@H](c2cccc(C(F)(F)F)n2)[C@H]1C(=O)Nc1ccccc1F. The Kier molecular flexibility index (Phi) is 4.62. The monoisotopic (exact) mass is 367 g/mol. The Morgan fingerprint density at radius 3 is 2.58 bits per heavy atom. The van der Waals surface area contributed by atoms with Gasteiger partial charge >= 0.3 is 6.18 Å². The van der Waals surface area contributed by atoms with E-state index in [4.69, 9.17) is 0 Å². The summed E-state index contributed by atoms with van der Waals surface area (Å²) in [5, 5.41) is 4.75. The number of hydrogen-bond donors (Lipinski definition) is 2. The van der Waals surface area contributed by atoms with Gasteiger partial charge in [-0.2, -0.15) is 13.2 Å². The van der Waals surface area contributed by atoms with Gasteiger partial charge in [0.15, 0.2) is 0 Å². The molecule has 0 unspecified atom stereocenters. The lowest BCUT2D eigenvalue weighted by Crippen LogP contribution is -2.32. The molecule has 9 heteroatoms. The molecule has 1 saturated heterocycles. The van der Waals surface area contributed by atoms with Gasteiger partial charge in [-0.25, -0.2) is 9.37 Å². The van der Waals surface area contributed by atoms with Crippen molar-refractivity contribution in [3.8, 4) is 0 Å². The van der Waals surface area contributed by atoms with Crippen LogP contribution in [0, 0.1) is 11.7 Å². The Morgan fingerprint density at radius 2 is 1.88 bits per heavy atom. The maximum atomic E-state index is 13.7. The van der Waals surface area contributed by atoms with Crippen LogP contribution in [0.1, 0.15) is 17.3 Å². The van der Waals surface area contributed by atoms with Crippen LogP contribution in [0.2, 0.25) is 0 Å². The third-order valence-electron chi connectivity index (χ3n) is 4.04. The molecule has 5 nitrogen and oxygen atoms in total. The van der Waals surface area contributed by atoms with E-state index in [0.717, 1.165) is 12.1 Å². The van der Waals surface area contributed by atoms with E-state index in [9.17, 15) is 27.2 Å². The number of hydrogen-bond acceptors (Lipinski definition) is 3. The zero-order chi connectivity index (χ0) is 18.9. The molecule has 0 saturated carbocycles. The first-order chi connectivity index (χ1) is 12.3. The highest BCUT2D eigenvalue weighted by molar-refractivity contribution is 6.08. The highest BCUT2D eigenvalue weighted by atomic mass is 19.4. The van der Waals surface area contributed by atoms with E-state index in [0.29, 0.717) is 0 Å². The third-order valence-corrected chi connectivity index (χ3v) is 4.04. The average Bonchev–Trinajstić information content (AvgIpc) is 2.98. The van der Waals surface area contributed by atoms with Crippen LogP contribution in [-0.2, 0) is 15.8 Å². The van der Waals surface area contributed by atoms with Crippen LogP contribution in [-0.4, -0.2) is 23.3 Å². The van der Waals surface area contributed by atoms with Crippen molar-refractivity contribution in [2.75, 3.05) is 11.9 Å². The first-order valence-corrected chi connectivity index (χ1v) is 7.64. The topological polar surface area (TPSA) is 71.1 Å². The van der Waals surface area contributed by atoms with Gasteiger partial charge in [0.05, 0.1) is 5.69 Å². The summed E-state index contributed by atoms with van der Waals surface area (Å²) in [6.07, 6.45) is -4.64. The van der Waals surface area contributed by atoms with Gasteiger partial charge < -0.3 is 10.6 Å². The maximum absolute atomic E-state index is 13.7. The summed E-state index contributed by atoms with van der Waals surface area (Å²) in [7, 11) is 0. The Labute approximate surface area is 145 Å². The summed E-state index contributed by atoms with van der Waals surface area (Å²) in [6, 6.07) is 8.68. The van der Waals surface area contributed by atoms with E-state index in [2.05, 4.69) is 15.6 Å². The number of rotatable bonds is 3. The van der Waals surface area contributed by atoms with Gasteiger partial charge in [-0.1, -0.05) is 18.2 Å². The lowest BCUT2D eigenvalue weighted by Gasteiger charge is -2.17. The number of nitrogens with zero attached hydrogens (tertiary/aromatic N) is 1. The number of amides is 2. The predicted octanol–water partition coefficient (Wildman–Crippen LogP) is 2.71. The second-order valence-corrected chi connectivity index (χ2v) is 5.74. The number of benzene rings is 1. The summed E-state index contributed by atoms with van der Waals surface area (Å²) in [6.45, 7) is -0.0392. The van der Waals surface area contributed by atoms with E-state index in [1.165, 1.54) is 30.3 Å². The number of nitrogens with one attached hydrogen (secondary N) is 2. The molecule has 2 atom stereocenters. The first kappa shape index (κ1) is 17.8. The predicted molar refractivity (Wildman–Crippen MR) is 83.5 cm³/mol. The Balaban J connectivity index is 1.87. The summed E-state index contributed by atoms with van der Waals surface area (Å²) in [5.41, 5.74) is -1.26. The number of anilines is 1. The zero-order valence-electron chi connectivity index (χ0n) is 13.2. The van der Waals surface area contributed by atoms with Crippen molar-refractivity contribution in [1.29, 1.82) is 0 Å². The van der Waals surface area contributed by atoms with Crippen LogP contribution >= 0.6 is 0 Å². The lowest BCUT2D eigenvalue weighted by atomic mass is 9.91. The van der Waals surface area contributed by atoms with Crippen molar-refractivity contribution in [1.82, 2.24) is 10.3 Å². The zero-order valence-corrected chi connectivity index (χ0v) is 13.2. The second-order valence-electron chi connectivity index (χ2n) is 5.74. The van der Waals surface area contributed by atoms with Crippen molar-refractivity contribution in [3.05, 3.63) is 59.7 Å². The molecule has 1 aromatic heterocycles. The molecule has 136 valence electrons. The minimum Gasteiger partial charge on any atom is -0.355 e. The summed E-state index contributed by atoms with van der Waals surface area (Å²) in [4.78, 5) is 28.0. The van der Waals surface area contributed by atoms with Gasteiger partial charge in [-0.05, 0) is 24.3 Å². The fraction of sp³-hybridized carbons (Fsp3) is 0.235. The van der Waals surface area contributed by atoms with Gasteiger partial charge in [0.2, 0.25) is 11.8 Å². The van der Waals surface area contributed by atoms with Gasteiger partial charge in [0, 0.05) is 18.2 Å². The number of para-hydroxylation sites is 1. The van der Waals surface area contributed by atoms with Crippen LogP contribution in [0.4, 0.5) is 23.2 Å². The van der Waals surface area contributed by atoms with Crippen LogP contribution < -0.4 is 10.6 Å². The molecular weight excluding hydrogens is 354 g/mol. The number of alkyl halides is 3. The van der Waals surface area contributed by atoms with Crippen LogP contribution in [0.25, 0.3) is 0 Å². The fourth-order valence-electron chi connectivity index (χ4n) is 2.79. The number of aromatic nitrogens is 1. The molecule has 2 heterocycles. The van der Waals surface area contributed by atoms with E-state index in [1.54, 1.807) is 0 Å². The third kappa shape index (κ3) is 3.51. The Hall–Kier alpha value is -2.97. The molecule has 0 radical (unpaired) electrons. The molecule has 0 spiro atoms. The minimum absolute atomic E-state index is 0.0353. The van der Waals surface area contributed by atoms with Crippen LogP contribution in [0.5, 0.6) is 0 Å². The van der Waals surface area contributed by atoms with Crippen molar-refractivity contribution in [3.63, 3.8) is 0 Å². The van der Waals surface area contributed by atoms with Crippen molar-refractivity contribution in [2.24, 2.45) is 5.92 Å². The van der Waals surface area contributed by atoms with Crippen LogP contribution in [0.15, 0.2) is 42.5 Å². The van der Waals surface area contributed by atoms with Gasteiger partial charge in [-0.15, -0.1) is 0 Å². The van der Waals surface area contributed by atoms with E-state index < -0.39 is 41.3 Å². The van der Waals surface area contributed by atoms with Gasteiger partial charge in [0.1, 0.15) is 17.4 Å². The number of carbonyl (C=O) groups is 2. The van der Waals surface area contributed by atoms with Gasteiger partial charge in [-0.3, -0.25) is 9.59 Å². The number of carbonyl (C=O) groups excluding carboxylic acids is 2. The highest BCUT2D eigenvalue weighted by Gasteiger charge is 2.43. The summed E-state index contributed by atoms with van der Waals surface area (Å²) in [5.74, 6) is -4.35. The van der Waals surface area contributed by atoms with Gasteiger partial charge in [0.25, 0.3) is 0 Å². The van der Waals surface area contributed by atoms with Crippen molar-refractivity contribution < 1.29 is 27.2 Å². The molecule has 2 N–H and O–H groups in total. The molecule has 3 rings (SSSR count). The molecule has 1 fully saturated rings. The van der Waals surface area contributed by atoms with Crippen LogP contribution in [0.3, 0.4) is 0 Å². The molecule has 1 aliphatic heterocycles. The maximum Gasteiger partial charge on any atom is 0.433 e. The molecule has 0 bridgehead atoms. The molecule has 1 aromatic carbocycles. The number of pyridine rings is 1. The quantitative estimate of drug-likeness (QED) is 0.647. The summed E-state index contributed by atoms with van der Waals surface area (Å²) >= 11 is 0. The van der Waals surface area contributed by atoms with Crippen molar-refractivity contribution >= 4 is 17.5 Å². The molecule has 26 heavy (non-hydrogen) atoms. The Morgan fingerprint density at radius 1 is 1.15 bits per heavy atom. The molecule has 0 aliphatic carbocycles. The number of halogens is 4. The Bertz CT molecular complexity index is 854.